The van der Waals surface area contributed by atoms with Crippen molar-refractivity contribution < 1.29 is 14.3 Å². The van der Waals surface area contributed by atoms with Crippen molar-refractivity contribution in [3.63, 3.8) is 0 Å². The zero-order valence-electron chi connectivity index (χ0n) is 9.99. The Hall–Kier alpha value is -1.06. The number of hydrogen-bond donors (Lipinski definition) is 0. The van der Waals surface area contributed by atoms with Gasteiger partial charge in [-0.2, -0.15) is 0 Å². The minimum absolute atomic E-state index is 0.0524. The van der Waals surface area contributed by atoms with Crippen molar-refractivity contribution in [2.24, 2.45) is 11.3 Å². The van der Waals surface area contributed by atoms with Gasteiger partial charge in [0.15, 0.2) is 0 Å². The van der Waals surface area contributed by atoms with Gasteiger partial charge in [0, 0.05) is 20.0 Å². The first-order valence-corrected chi connectivity index (χ1v) is 5.88. The summed E-state index contributed by atoms with van der Waals surface area (Å²) in [4.78, 5) is 24.8. The minimum Gasteiger partial charge on any atom is -0.469 e. The van der Waals surface area contributed by atoms with Crippen LogP contribution in [0.5, 0.6) is 0 Å². The van der Waals surface area contributed by atoms with Gasteiger partial charge in [-0.1, -0.05) is 0 Å². The summed E-state index contributed by atoms with van der Waals surface area (Å²) in [6.45, 7) is 0.861. The second-order valence-corrected chi connectivity index (χ2v) is 5.22. The summed E-state index contributed by atoms with van der Waals surface area (Å²) in [5, 5.41) is 0. The summed E-state index contributed by atoms with van der Waals surface area (Å²) in [6, 6.07) is 0. The molecule has 1 heterocycles. The van der Waals surface area contributed by atoms with Gasteiger partial charge in [-0.25, -0.2) is 0 Å². The number of likely N-dealkylation sites (tertiary alicyclic amines) is 1. The average molecular weight is 225 g/mol. The molecule has 0 atom stereocenters. The molecule has 0 aromatic rings. The fraction of sp³-hybridized carbons (Fsp3) is 0.833. The summed E-state index contributed by atoms with van der Waals surface area (Å²) >= 11 is 0. The number of rotatable bonds is 1. The number of methoxy groups -OCH3 is 1. The van der Waals surface area contributed by atoms with Crippen LogP contribution >= 0.6 is 0 Å². The molecule has 1 amide bonds. The van der Waals surface area contributed by atoms with Crippen LogP contribution in [0.25, 0.3) is 0 Å². The maximum absolute atomic E-state index is 11.6. The Morgan fingerprint density at radius 3 is 2.50 bits per heavy atom. The lowest BCUT2D eigenvalue weighted by atomic mass is 9.70. The summed E-state index contributed by atoms with van der Waals surface area (Å²) in [5.74, 6) is 0.209. The summed E-state index contributed by atoms with van der Waals surface area (Å²) in [7, 11) is 3.31. The van der Waals surface area contributed by atoms with Gasteiger partial charge < -0.3 is 9.64 Å². The molecule has 1 saturated carbocycles. The third kappa shape index (κ3) is 1.93. The van der Waals surface area contributed by atoms with E-state index in [9.17, 15) is 9.59 Å². The van der Waals surface area contributed by atoms with Crippen molar-refractivity contribution in [1.29, 1.82) is 0 Å². The van der Waals surface area contributed by atoms with Crippen molar-refractivity contribution in [3.8, 4) is 0 Å². The van der Waals surface area contributed by atoms with Crippen LogP contribution in [0.2, 0.25) is 0 Å². The number of hydrogen-bond acceptors (Lipinski definition) is 3. The molecule has 0 aromatic heterocycles. The molecule has 2 aliphatic rings. The Morgan fingerprint density at radius 1 is 1.44 bits per heavy atom. The molecule has 1 aliphatic heterocycles. The van der Waals surface area contributed by atoms with Crippen LogP contribution in [0.3, 0.4) is 0 Å². The number of amides is 1. The standard InChI is InChI=1S/C12H19NO3/c1-13-8-12(7-10(13)14)5-3-9(4-6-12)11(15)16-2/h9H,3-8H2,1-2H3. The molecule has 2 rings (SSSR count). The lowest BCUT2D eigenvalue weighted by Crippen LogP contribution is -2.33. The van der Waals surface area contributed by atoms with Crippen molar-refractivity contribution >= 4 is 11.9 Å². The molecule has 0 radical (unpaired) electrons. The molecule has 4 nitrogen and oxygen atoms in total. The average Bonchev–Trinajstić information content (AvgIpc) is 2.54. The molecule has 90 valence electrons. The Balaban J connectivity index is 1.95. The third-order valence-electron chi connectivity index (χ3n) is 4.11. The lowest BCUT2D eigenvalue weighted by molar-refractivity contribution is -0.147. The smallest absolute Gasteiger partial charge is 0.308 e. The van der Waals surface area contributed by atoms with Gasteiger partial charge in [0.2, 0.25) is 5.91 Å². The number of ether oxygens (including phenoxy) is 1. The third-order valence-corrected chi connectivity index (χ3v) is 4.11. The van der Waals surface area contributed by atoms with Crippen LogP contribution in [-0.4, -0.2) is 37.5 Å². The van der Waals surface area contributed by atoms with E-state index in [1.807, 2.05) is 11.9 Å². The largest absolute Gasteiger partial charge is 0.469 e. The number of nitrogens with zero attached hydrogens (tertiary/aromatic N) is 1. The van der Waals surface area contributed by atoms with E-state index in [-0.39, 0.29) is 23.2 Å². The van der Waals surface area contributed by atoms with Crippen LogP contribution in [0, 0.1) is 11.3 Å². The first kappa shape index (κ1) is 11.4. The van der Waals surface area contributed by atoms with E-state index in [1.54, 1.807) is 0 Å². The van der Waals surface area contributed by atoms with E-state index in [0.29, 0.717) is 6.42 Å². The van der Waals surface area contributed by atoms with Crippen molar-refractivity contribution in [1.82, 2.24) is 4.90 Å². The monoisotopic (exact) mass is 225 g/mol. The van der Waals surface area contributed by atoms with Crippen molar-refractivity contribution in [3.05, 3.63) is 0 Å². The topological polar surface area (TPSA) is 46.6 Å². The minimum atomic E-state index is -0.0903. The van der Waals surface area contributed by atoms with E-state index in [0.717, 1.165) is 32.2 Å². The van der Waals surface area contributed by atoms with Gasteiger partial charge >= 0.3 is 5.97 Å². The molecule has 1 spiro atoms. The van der Waals surface area contributed by atoms with Gasteiger partial charge in [0.25, 0.3) is 0 Å². The van der Waals surface area contributed by atoms with Gasteiger partial charge in [-0.3, -0.25) is 9.59 Å². The van der Waals surface area contributed by atoms with Gasteiger partial charge in [0.1, 0.15) is 0 Å². The fourth-order valence-electron chi connectivity index (χ4n) is 3.07. The van der Waals surface area contributed by atoms with E-state index >= 15 is 0 Å². The molecule has 2 fully saturated rings. The highest BCUT2D eigenvalue weighted by Crippen LogP contribution is 2.45. The number of carbonyl (C=O) groups excluding carboxylic acids is 2. The second-order valence-electron chi connectivity index (χ2n) is 5.22. The second kappa shape index (κ2) is 4.07. The van der Waals surface area contributed by atoms with Crippen LogP contribution < -0.4 is 0 Å². The van der Waals surface area contributed by atoms with Crippen LogP contribution in [0.1, 0.15) is 32.1 Å². The molecule has 0 bridgehead atoms. The predicted molar refractivity (Wildman–Crippen MR) is 58.7 cm³/mol. The molecule has 4 heteroatoms. The summed E-state index contributed by atoms with van der Waals surface area (Å²) in [6.07, 6.45) is 4.35. The van der Waals surface area contributed by atoms with E-state index in [1.165, 1.54) is 7.11 Å². The van der Waals surface area contributed by atoms with Crippen molar-refractivity contribution in [2.45, 2.75) is 32.1 Å². The Morgan fingerprint density at radius 2 is 2.06 bits per heavy atom. The normalized spacial score (nSPS) is 34.5. The predicted octanol–water partition coefficient (Wildman–Crippen LogP) is 1.20. The molecule has 0 unspecified atom stereocenters. The quantitative estimate of drug-likeness (QED) is 0.630. The molecular weight excluding hydrogens is 206 g/mol. The summed E-state index contributed by atoms with van der Waals surface area (Å²) in [5.41, 5.74) is 0.149. The molecule has 0 N–H and O–H groups in total. The molecule has 16 heavy (non-hydrogen) atoms. The molecule has 1 saturated heterocycles. The number of carbonyl (C=O) groups is 2. The molecule has 1 aliphatic carbocycles. The van der Waals surface area contributed by atoms with Gasteiger partial charge in [0.05, 0.1) is 13.0 Å². The highest BCUT2D eigenvalue weighted by molar-refractivity contribution is 5.79. The van der Waals surface area contributed by atoms with E-state index in [4.69, 9.17) is 4.74 Å². The Bertz CT molecular complexity index is 305. The molecular formula is C12H19NO3. The Kier molecular flexibility index (Phi) is 2.91. The first-order chi connectivity index (χ1) is 7.56. The van der Waals surface area contributed by atoms with Crippen molar-refractivity contribution in [2.75, 3.05) is 20.7 Å². The Labute approximate surface area is 95.9 Å². The highest BCUT2D eigenvalue weighted by Gasteiger charge is 2.44. The fourth-order valence-corrected chi connectivity index (χ4v) is 3.07. The first-order valence-electron chi connectivity index (χ1n) is 5.88. The maximum atomic E-state index is 11.6. The van der Waals surface area contributed by atoms with Crippen LogP contribution in [-0.2, 0) is 14.3 Å². The van der Waals surface area contributed by atoms with E-state index in [2.05, 4.69) is 0 Å². The highest BCUT2D eigenvalue weighted by atomic mass is 16.5. The maximum Gasteiger partial charge on any atom is 0.308 e. The van der Waals surface area contributed by atoms with Crippen LogP contribution in [0.15, 0.2) is 0 Å². The lowest BCUT2D eigenvalue weighted by Gasteiger charge is -2.35. The van der Waals surface area contributed by atoms with Gasteiger partial charge in [-0.15, -0.1) is 0 Å². The zero-order valence-corrected chi connectivity index (χ0v) is 9.99. The van der Waals surface area contributed by atoms with Gasteiger partial charge in [-0.05, 0) is 31.1 Å². The van der Waals surface area contributed by atoms with E-state index < -0.39 is 0 Å². The van der Waals surface area contributed by atoms with Crippen LogP contribution in [0.4, 0.5) is 0 Å². The summed E-state index contributed by atoms with van der Waals surface area (Å²) < 4.78 is 4.77. The molecule has 0 aromatic carbocycles. The zero-order chi connectivity index (χ0) is 11.8. The number of esters is 1. The SMILES string of the molecule is COC(=O)C1CCC2(CC1)CC(=O)N(C)C2.